The maximum Gasteiger partial charge on any atom is 0.255 e. The molecule has 0 spiro atoms. The van der Waals surface area contributed by atoms with Crippen LogP contribution in [-0.4, -0.2) is 5.91 Å². The van der Waals surface area contributed by atoms with Gasteiger partial charge in [0.25, 0.3) is 5.91 Å². The third kappa shape index (κ3) is 2.04. The maximum atomic E-state index is 12.0. The summed E-state index contributed by atoms with van der Waals surface area (Å²) in [5, 5.41) is 3.08. The van der Waals surface area contributed by atoms with Gasteiger partial charge >= 0.3 is 0 Å². The van der Waals surface area contributed by atoms with E-state index in [1.807, 2.05) is 6.07 Å². The molecule has 0 saturated carbocycles. The maximum absolute atomic E-state index is 12.0. The first-order valence-electron chi connectivity index (χ1n) is 6.25. The van der Waals surface area contributed by atoms with E-state index in [0.717, 1.165) is 19.3 Å². The second-order valence-electron chi connectivity index (χ2n) is 4.63. The molecule has 1 aromatic carbocycles. The highest BCUT2D eigenvalue weighted by molar-refractivity contribution is 5.94. The fraction of sp³-hybridized carbons (Fsp3) is 0.267. The number of carbonyl (C=O) groups is 1. The average Bonchev–Trinajstić information content (AvgIpc) is 2.93. The Hall–Kier alpha value is -2.03. The minimum absolute atomic E-state index is 0.0644. The lowest BCUT2D eigenvalue weighted by molar-refractivity contribution is 0.0932. The highest BCUT2D eigenvalue weighted by Gasteiger charge is 2.21. The van der Waals surface area contributed by atoms with Crippen molar-refractivity contribution in [3.63, 3.8) is 0 Å². The number of aryl methyl sites for hydroxylation is 1. The van der Waals surface area contributed by atoms with Crippen molar-refractivity contribution in [2.75, 3.05) is 0 Å². The SMILES string of the molecule is O=C(N[C@H]1CCCc2ccccc21)c1ccoc1. The summed E-state index contributed by atoms with van der Waals surface area (Å²) < 4.78 is 4.93. The number of amides is 1. The molecule has 0 radical (unpaired) electrons. The Bertz CT molecular complexity index is 545. The van der Waals surface area contributed by atoms with Gasteiger partial charge in [-0.3, -0.25) is 4.79 Å². The zero-order chi connectivity index (χ0) is 12.4. The number of hydrogen-bond donors (Lipinski definition) is 1. The van der Waals surface area contributed by atoms with Gasteiger partial charge in [-0.25, -0.2) is 0 Å². The van der Waals surface area contributed by atoms with Crippen LogP contribution in [0.25, 0.3) is 0 Å². The third-order valence-corrected chi connectivity index (χ3v) is 3.46. The fourth-order valence-electron chi connectivity index (χ4n) is 2.54. The number of hydrogen-bond acceptors (Lipinski definition) is 2. The Morgan fingerprint density at radius 2 is 2.17 bits per heavy atom. The first kappa shape index (κ1) is 11.1. The van der Waals surface area contributed by atoms with Crippen molar-refractivity contribution in [1.29, 1.82) is 0 Å². The summed E-state index contributed by atoms with van der Waals surface area (Å²) in [5.41, 5.74) is 3.18. The van der Waals surface area contributed by atoms with Gasteiger partial charge in [-0.2, -0.15) is 0 Å². The van der Waals surface area contributed by atoms with Crippen LogP contribution in [0.5, 0.6) is 0 Å². The van der Waals surface area contributed by atoms with Crippen LogP contribution >= 0.6 is 0 Å². The Morgan fingerprint density at radius 1 is 1.28 bits per heavy atom. The molecule has 1 N–H and O–H groups in total. The van der Waals surface area contributed by atoms with Crippen molar-refractivity contribution >= 4 is 5.91 Å². The van der Waals surface area contributed by atoms with Gasteiger partial charge in [0, 0.05) is 0 Å². The lowest BCUT2D eigenvalue weighted by atomic mass is 9.87. The molecule has 0 aliphatic heterocycles. The monoisotopic (exact) mass is 241 g/mol. The van der Waals surface area contributed by atoms with Gasteiger partial charge in [0.05, 0.1) is 17.9 Å². The Labute approximate surface area is 106 Å². The quantitative estimate of drug-likeness (QED) is 0.877. The van der Waals surface area contributed by atoms with Crippen molar-refractivity contribution in [1.82, 2.24) is 5.32 Å². The minimum atomic E-state index is -0.0644. The van der Waals surface area contributed by atoms with Crippen LogP contribution in [0.3, 0.4) is 0 Å². The van der Waals surface area contributed by atoms with Gasteiger partial charge in [-0.15, -0.1) is 0 Å². The summed E-state index contributed by atoms with van der Waals surface area (Å²) in [5.74, 6) is -0.0644. The second kappa shape index (κ2) is 4.69. The molecule has 0 saturated heterocycles. The normalized spacial score (nSPS) is 18.1. The zero-order valence-electron chi connectivity index (χ0n) is 10.1. The van der Waals surface area contributed by atoms with E-state index in [1.54, 1.807) is 6.07 Å². The lowest BCUT2D eigenvalue weighted by Gasteiger charge is -2.26. The molecule has 0 bridgehead atoms. The van der Waals surface area contributed by atoms with Crippen molar-refractivity contribution < 1.29 is 9.21 Å². The van der Waals surface area contributed by atoms with E-state index in [-0.39, 0.29) is 11.9 Å². The van der Waals surface area contributed by atoms with Gasteiger partial charge in [-0.1, -0.05) is 24.3 Å². The van der Waals surface area contributed by atoms with Crippen molar-refractivity contribution in [3.8, 4) is 0 Å². The smallest absolute Gasteiger partial charge is 0.255 e. The van der Waals surface area contributed by atoms with Crippen LogP contribution in [-0.2, 0) is 6.42 Å². The average molecular weight is 241 g/mol. The first-order chi connectivity index (χ1) is 8.84. The van der Waals surface area contributed by atoms with Gasteiger partial charge in [0.1, 0.15) is 6.26 Å². The summed E-state index contributed by atoms with van der Waals surface area (Å²) in [6.07, 6.45) is 6.22. The molecule has 1 aliphatic carbocycles. The highest BCUT2D eigenvalue weighted by atomic mass is 16.3. The molecule has 18 heavy (non-hydrogen) atoms. The van der Waals surface area contributed by atoms with Crippen molar-refractivity contribution in [2.24, 2.45) is 0 Å². The van der Waals surface area contributed by atoms with Crippen LogP contribution < -0.4 is 5.32 Å². The molecule has 1 atom stereocenters. The van der Waals surface area contributed by atoms with Gasteiger partial charge in [0.2, 0.25) is 0 Å². The van der Waals surface area contributed by atoms with E-state index in [0.29, 0.717) is 5.56 Å². The summed E-state index contributed by atoms with van der Waals surface area (Å²) >= 11 is 0. The number of benzene rings is 1. The van der Waals surface area contributed by atoms with Crippen LogP contribution in [0, 0.1) is 0 Å². The van der Waals surface area contributed by atoms with Gasteiger partial charge in [0.15, 0.2) is 0 Å². The molecule has 3 heteroatoms. The first-order valence-corrected chi connectivity index (χ1v) is 6.25. The molecule has 92 valence electrons. The number of furan rings is 1. The Balaban J connectivity index is 1.80. The summed E-state index contributed by atoms with van der Waals surface area (Å²) in [6, 6.07) is 10.1. The summed E-state index contributed by atoms with van der Waals surface area (Å²) in [6.45, 7) is 0. The summed E-state index contributed by atoms with van der Waals surface area (Å²) in [4.78, 5) is 12.0. The van der Waals surface area contributed by atoms with E-state index in [4.69, 9.17) is 4.42 Å². The van der Waals surface area contributed by atoms with E-state index in [1.165, 1.54) is 23.7 Å². The zero-order valence-corrected chi connectivity index (χ0v) is 10.1. The van der Waals surface area contributed by atoms with E-state index < -0.39 is 0 Å². The molecule has 3 rings (SSSR count). The topological polar surface area (TPSA) is 42.2 Å². The number of fused-ring (bicyclic) bond motifs is 1. The molecular weight excluding hydrogens is 226 g/mol. The fourth-order valence-corrected chi connectivity index (χ4v) is 2.54. The third-order valence-electron chi connectivity index (χ3n) is 3.46. The highest BCUT2D eigenvalue weighted by Crippen LogP contribution is 2.29. The Kier molecular flexibility index (Phi) is 2.89. The molecule has 3 nitrogen and oxygen atoms in total. The molecular formula is C15H15NO2. The molecule has 0 fully saturated rings. The van der Waals surface area contributed by atoms with E-state index >= 15 is 0 Å². The molecule has 0 unspecified atom stereocenters. The predicted octanol–water partition coefficient (Wildman–Crippen LogP) is 3.09. The molecule has 1 aliphatic rings. The van der Waals surface area contributed by atoms with Crippen LogP contribution in [0.1, 0.15) is 40.4 Å². The minimum Gasteiger partial charge on any atom is -0.472 e. The van der Waals surface area contributed by atoms with Gasteiger partial charge < -0.3 is 9.73 Å². The van der Waals surface area contributed by atoms with Gasteiger partial charge in [-0.05, 0) is 36.5 Å². The predicted molar refractivity (Wildman–Crippen MR) is 68.3 cm³/mol. The van der Waals surface area contributed by atoms with E-state index in [2.05, 4.69) is 23.5 Å². The largest absolute Gasteiger partial charge is 0.472 e. The van der Waals surface area contributed by atoms with E-state index in [9.17, 15) is 4.79 Å². The second-order valence-corrected chi connectivity index (χ2v) is 4.63. The molecule has 1 aromatic heterocycles. The Morgan fingerprint density at radius 3 is 3.00 bits per heavy atom. The number of nitrogens with one attached hydrogen (secondary N) is 1. The number of rotatable bonds is 2. The standard InChI is InChI=1S/C15H15NO2/c17-15(12-8-9-18-10-12)16-14-7-3-5-11-4-1-2-6-13(11)14/h1-2,4,6,8-10,14H,3,5,7H2,(H,16,17)/t14-/m0/s1. The van der Waals surface area contributed by atoms with Crippen LogP contribution in [0.4, 0.5) is 0 Å². The van der Waals surface area contributed by atoms with Crippen molar-refractivity contribution in [3.05, 3.63) is 59.5 Å². The van der Waals surface area contributed by atoms with Crippen LogP contribution in [0.2, 0.25) is 0 Å². The molecule has 1 amide bonds. The number of carbonyl (C=O) groups excluding carboxylic acids is 1. The lowest BCUT2D eigenvalue weighted by Crippen LogP contribution is -2.30. The van der Waals surface area contributed by atoms with Crippen LogP contribution in [0.15, 0.2) is 47.3 Å². The molecule has 1 heterocycles. The van der Waals surface area contributed by atoms with Crippen molar-refractivity contribution in [2.45, 2.75) is 25.3 Å². The summed E-state index contributed by atoms with van der Waals surface area (Å²) in [7, 11) is 0. The molecule has 2 aromatic rings.